The molecule has 0 N–H and O–H groups in total. The minimum Gasteiger partial charge on any atom is -0.375 e. The molecule has 0 unspecified atom stereocenters. The summed E-state index contributed by atoms with van der Waals surface area (Å²) in [5.74, 6) is 0.599. The molecule has 3 heteroatoms. The van der Waals surface area contributed by atoms with Gasteiger partial charge in [-0.1, -0.05) is 60.7 Å². The van der Waals surface area contributed by atoms with Crippen LogP contribution < -0.4 is 5.56 Å². The maximum atomic E-state index is 11.9. The quantitative estimate of drug-likeness (QED) is 0.716. The minimum atomic E-state index is -0.122. The molecule has 2 aromatic carbocycles. The highest BCUT2D eigenvalue weighted by Gasteiger charge is 2.08. The summed E-state index contributed by atoms with van der Waals surface area (Å²) in [6.07, 6.45) is 0. The molecule has 0 fully saturated rings. The molecule has 1 aromatic heterocycles. The summed E-state index contributed by atoms with van der Waals surface area (Å²) >= 11 is 0. The van der Waals surface area contributed by atoms with E-state index in [0.29, 0.717) is 12.3 Å². The number of benzene rings is 2. The Morgan fingerprint density at radius 1 is 0.895 bits per heavy atom. The van der Waals surface area contributed by atoms with Crippen LogP contribution in [-0.4, -0.2) is 4.74 Å². The van der Waals surface area contributed by atoms with E-state index in [0.717, 1.165) is 11.1 Å². The van der Waals surface area contributed by atoms with Crippen molar-refractivity contribution in [1.82, 2.24) is 4.74 Å². The molecule has 0 radical (unpaired) electrons. The van der Waals surface area contributed by atoms with Crippen LogP contribution in [0.3, 0.4) is 0 Å². The van der Waals surface area contributed by atoms with Crippen LogP contribution in [-0.2, 0) is 6.54 Å². The molecule has 0 aliphatic heterocycles. The molecule has 3 nitrogen and oxygen atoms in total. The number of hydrogen-bond acceptors (Lipinski definition) is 2. The normalized spacial score (nSPS) is 10.5. The van der Waals surface area contributed by atoms with Gasteiger partial charge in [-0.15, -0.1) is 0 Å². The molecule has 0 amide bonds. The van der Waals surface area contributed by atoms with Gasteiger partial charge in [0.1, 0.15) is 0 Å². The molecule has 0 atom stereocenters. The van der Waals surface area contributed by atoms with E-state index in [4.69, 9.17) is 4.52 Å². The van der Waals surface area contributed by atoms with Crippen molar-refractivity contribution in [2.45, 2.75) is 6.54 Å². The van der Waals surface area contributed by atoms with Gasteiger partial charge in [0, 0.05) is 5.56 Å². The summed E-state index contributed by atoms with van der Waals surface area (Å²) in [5, 5.41) is 0. The lowest BCUT2D eigenvalue weighted by Crippen LogP contribution is -2.13. The second kappa shape index (κ2) is 4.98. The smallest absolute Gasteiger partial charge is 0.283 e. The van der Waals surface area contributed by atoms with Crippen molar-refractivity contribution in [3.8, 4) is 11.3 Å². The van der Waals surface area contributed by atoms with E-state index in [1.807, 2.05) is 60.7 Å². The van der Waals surface area contributed by atoms with E-state index in [2.05, 4.69) is 0 Å². The Morgan fingerprint density at radius 3 is 2.21 bits per heavy atom. The van der Waals surface area contributed by atoms with E-state index in [9.17, 15) is 4.79 Å². The van der Waals surface area contributed by atoms with E-state index < -0.39 is 0 Å². The standard InChI is InChI=1S/C16H13NO2/c18-16-11-15(14-9-5-2-6-10-14)19-17(16)12-13-7-3-1-4-8-13/h1-11H,12H2. The number of hydrogen-bond donors (Lipinski definition) is 0. The molecule has 94 valence electrons. The Labute approximate surface area is 110 Å². The molecule has 0 aliphatic carbocycles. The van der Waals surface area contributed by atoms with Crippen molar-refractivity contribution in [2.24, 2.45) is 0 Å². The van der Waals surface area contributed by atoms with Crippen LogP contribution >= 0.6 is 0 Å². The van der Waals surface area contributed by atoms with Gasteiger partial charge in [-0.2, -0.15) is 4.74 Å². The van der Waals surface area contributed by atoms with Crippen LogP contribution in [0.15, 0.2) is 76.0 Å². The van der Waals surface area contributed by atoms with Gasteiger partial charge in [-0.05, 0) is 5.56 Å². The summed E-state index contributed by atoms with van der Waals surface area (Å²) in [6, 6.07) is 20.9. The lowest BCUT2D eigenvalue weighted by atomic mass is 10.2. The Hall–Kier alpha value is -2.55. The molecule has 1 heterocycles. The van der Waals surface area contributed by atoms with E-state index in [-0.39, 0.29) is 5.56 Å². The van der Waals surface area contributed by atoms with Crippen LogP contribution in [0.2, 0.25) is 0 Å². The first-order valence-corrected chi connectivity index (χ1v) is 6.13. The van der Waals surface area contributed by atoms with Crippen LogP contribution in [0.1, 0.15) is 5.56 Å². The van der Waals surface area contributed by atoms with E-state index in [1.54, 1.807) is 0 Å². The molecule has 0 spiro atoms. The third kappa shape index (κ3) is 2.50. The topological polar surface area (TPSA) is 35.1 Å². The van der Waals surface area contributed by atoms with Crippen LogP contribution in [0.4, 0.5) is 0 Å². The molecule has 0 saturated heterocycles. The van der Waals surface area contributed by atoms with Crippen molar-refractivity contribution in [2.75, 3.05) is 0 Å². The third-order valence-electron chi connectivity index (χ3n) is 2.94. The fourth-order valence-corrected chi connectivity index (χ4v) is 1.97. The zero-order chi connectivity index (χ0) is 13.1. The summed E-state index contributed by atoms with van der Waals surface area (Å²) in [4.78, 5) is 11.9. The highest BCUT2D eigenvalue weighted by atomic mass is 16.5. The number of rotatable bonds is 3. The summed E-state index contributed by atoms with van der Waals surface area (Å²) in [7, 11) is 0. The van der Waals surface area contributed by atoms with Gasteiger partial charge in [0.15, 0.2) is 5.76 Å². The van der Waals surface area contributed by atoms with E-state index >= 15 is 0 Å². The average Bonchev–Trinajstić information content (AvgIpc) is 2.82. The Balaban J connectivity index is 1.93. The zero-order valence-corrected chi connectivity index (χ0v) is 10.3. The molecule has 0 bridgehead atoms. The predicted molar refractivity (Wildman–Crippen MR) is 73.9 cm³/mol. The fraction of sp³-hybridized carbons (Fsp3) is 0.0625. The fourth-order valence-electron chi connectivity index (χ4n) is 1.97. The molecule has 3 aromatic rings. The van der Waals surface area contributed by atoms with Gasteiger partial charge in [0.05, 0.1) is 12.6 Å². The molecule has 0 saturated carbocycles. The van der Waals surface area contributed by atoms with Gasteiger partial charge in [-0.25, -0.2) is 0 Å². The van der Waals surface area contributed by atoms with Gasteiger partial charge in [0.2, 0.25) is 0 Å². The van der Waals surface area contributed by atoms with Crippen LogP contribution in [0, 0.1) is 0 Å². The van der Waals surface area contributed by atoms with E-state index in [1.165, 1.54) is 10.8 Å². The molecule has 0 aliphatic rings. The molecule has 3 rings (SSSR count). The first kappa shape index (κ1) is 11.5. The van der Waals surface area contributed by atoms with Crippen LogP contribution in [0.25, 0.3) is 11.3 Å². The third-order valence-corrected chi connectivity index (χ3v) is 2.94. The SMILES string of the molecule is O=c1cc(-c2ccccc2)on1Cc1ccccc1. The molecular formula is C16H13NO2. The van der Waals surface area contributed by atoms with Crippen molar-refractivity contribution < 1.29 is 4.52 Å². The van der Waals surface area contributed by atoms with Crippen molar-refractivity contribution >= 4 is 0 Å². The first-order chi connectivity index (χ1) is 9.33. The van der Waals surface area contributed by atoms with Gasteiger partial charge in [0.25, 0.3) is 5.56 Å². The minimum absolute atomic E-state index is 0.122. The Bertz CT molecular complexity index is 711. The average molecular weight is 251 g/mol. The first-order valence-electron chi connectivity index (χ1n) is 6.13. The second-order valence-electron chi connectivity index (χ2n) is 4.33. The summed E-state index contributed by atoms with van der Waals surface area (Å²) in [6.45, 7) is 0.451. The second-order valence-corrected chi connectivity index (χ2v) is 4.33. The van der Waals surface area contributed by atoms with Crippen molar-refractivity contribution in [1.29, 1.82) is 0 Å². The summed E-state index contributed by atoms with van der Waals surface area (Å²) in [5.41, 5.74) is 1.83. The molecular weight excluding hydrogens is 238 g/mol. The Morgan fingerprint density at radius 2 is 1.53 bits per heavy atom. The van der Waals surface area contributed by atoms with Crippen molar-refractivity contribution in [3.05, 3.63) is 82.6 Å². The lowest BCUT2D eigenvalue weighted by Gasteiger charge is -2.00. The largest absolute Gasteiger partial charge is 0.375 e. The Kier molecular flexibility index (Phi) is 3.02. The zero-order valence-electron chi connectivity index (χ0n) is 10.3. The van der Waals surface area contributed by atoms with Gasteiger partial charge < -0.3 is 4.52 Å². The number of nitrogens with zero attached hydrogens (tertiary/aromatic N) is 1. The monoisotopic (exact) mass is 251 g/mol. The van der Waals surface area contributed by atoms with Crippen molar-refractivity contribution in [3.63, 3.8) is 0 Å². The number of aromatic nitrogens is 1. The lowest BCUT2D eigenvalue weighted by molar-refractivity contribution is 0.286. The maximum Gasteiger partial charge on any atom is 0.283 e. The summed E-state index contributed by atoms with van der Waals surface area (Å²) < 4.78 is 6.98. The van der Waals surface area contributed by atoms with Crippen LogP contribution in [0.5, 0.6) is 0 Å². The maximum absolute atomic E-state index is 11.9. The molecule has 19 heavy (non-hydrogen) atoms. The van der Waals surface area contributed by atoms with Gasteiger partial charge >= 0.3 is 0 Å². The highest BCUT2D eigenvalue weighted by molar-refractivity contribution is 5.56. The predicted octanol–water partition coefficient (Wildman–Crippen LogP) is 3.16. The highest BCUT2D eigenvalue weighted by Crippen LogP contribution is 2.17. The van der Waals surface area contributed by atoms with Gasteiger partial charge in [-0.3, -0.25) is 4.79 Å².